The first-order valence-electron chi connectivity index (χ1n) is 6.05. The number of rotatable bonds is 4. The fourth-order valence-corrected chi connectivity index (χ4v) is 2.04. The Morgan fingerprint density at radius 2 is 2.00 bits per heavy atom. The first kappa shape index (κ1) is 12.6. The predicted octanol–water partition coefficient (Wildman–Crippen LogP) is 2.77. The van der Waals surface area contributed by atoms with Gasteiger partial charge in [0.05, 0.1) is 6.10 Å². The van der Waals surface area contributed by atoms with E-state index in [0.717, 1.165) is 23.4 Å². The Bertz CT molecular complexity index is 497. The molecule has 1 unspecified atom stereocenters. The van der Waals surface area contributed by atoms with Gasteiger partial charge in [-0.1, -0.05) is 24.3 Å². The summed E-state index contributed by atoms with van der Waals surface area (Å²) in [6.07, 6.45) is 3.17. The number of aromatic nitrogens is 1. The number of nitrogens with zero attached hydrogens (tertiary/aromatic N) is 2. The lowest BCUT2D eigenvalue weighted by atomic mass is 10.1. The van der Waals surface area contributed by atoms with Crippen molar-refractivity contribution in [3.8, 4) is 0 Å². The minimum atomic E-state index is -0.461. The van der Waals surface area contributed by atoms with Gasteiger partial charge < -0.3 is 10.0 Å². The maximum atomic E-state index is 9.78. The molecular weight excluding hydrogens is 224 g/mol. The third-order valence-electron chi connectivity index (χ3n) is 2.94. The minimum absolute atomic E-state index is 0.461. The second-order valence-electron chi connectivity index (χ2n) is 4.45. The first-order chi connectivity index (χ1) is 8.68. The van der Waals surface area contributed by atoms with E-state index in [4.69, 9.17) is 0 Å². The molecule has 0 bridgehead atoms. The van der Waals surface area contributed by atoms with Crippen molar-refractivity contribution in [1.29, 1.82) is 0 Å². The standard InChI is InChI=1S/C15H18N2O/c1-12(18)14-7-3-4-8-15(14)17(2)11-13-6-5-9-16-10-13/h3-10,12,18H,11H2,1-2H3. The summed E-state index contributed by atoms with van der Waals surface area (Å²) >= 11 is 0. The molecule has 3 nitrogen and oxygen atoms in total. The normalized spacial score (nSPS) is 12.2. The highest BCUT2D eigenvalue weighted by Gasteiger charge is 2.10. The summed E-state index contributed by atoms with van der Waals surface area (Å²) < 4.78 is 0. The fraction of sp³-hybridized carbons (Fsp3) is 0.267. The molecule has 2 aromatic rings. The van der Waals surface area contributed by atoms with Gasteiger partial charge >= 0.3 is 0 Å². The highest BCUT2D eigenvalue weighted by Crippen LogP contribution is 2.26. The Morgan fingerprint density at radius 3 is 2.67 bits per heavy atom. The van der Waals surface area contributed by atoms with Crippen LogP contribution in [0.25, 0.3) is 0 Å². The van der Waals surface area contributed by atoms with Gasteiger partial charge in [-0.2, -0.15) is 0 Å². The Balaban J connectivity index is 2.21. The van der Waals surface area contributed by atoms with Crippen molar-refractivity contribution in [2.24, 2.45) is 0 Å². The zero-order valence-electron chi connectivity index (χ0n) is 10.7. The van der Waals surface area contributed by atoms with E-state index in [1.54, 1.807) is 13.1 Å². The molecule has 0 saturated heterocycles. The smallest absolute Gasteiger partial charge is 0.0781 e. The van der Waals surface area contributed by atoms with Crippen molar-refractivity contribution in [3.63, 3.8) is 0 Å². The third-order valence-corrected chi connectivity index (χ3v) is 2.94. The summed E-state index contributed by atoms with van der Waals surface area (Å²) in [6.45, 7) is 2.56. The van der Waals surface area contributed by atoms with Gasteiger partial charge in [-0.3, -0.25) is 4.98 Å². The lowest BCUT2D eigenvalue weighted by molar-refractivity contribution is 0.199. The first-order valence-corrected chi connectivity index (χ1v) is 6.05. The Kier molecular flexibility index (Phi) is 3.95. The van der Waals surface area contributed by atoms with Crippen LogP contribution in [0.1, 0.15) is 24.2 Å². The van der Waals surface area contributed by atoms with Gasteiger partial charge in [-0.15, -0.1) is 0 Å². The number of anilines is 1. The highest BCUT2D eigenvalue weighted by atomic mass is 16.3. The lowest BCUT2D eigenvalue weighted by Gasteiger charge is -2.23. The van der Waals surface area contributed by atoms with Crippen LogP contribution in [0.15, 0.2) is 48.8 Å². The van der Waals surface area contributed by atoms with Crippen LogP contribution < -0.4 is 4.90 Å². The van der Waals surface area contributed by atoms with E-state index in [1.165, 1.54) is 0 Å². The molecule has 94 valence electrons. The molecule has 3 heteroatoms. The van der Waals surface area contributed by atoms with Gasteiger partial charge in [-0.05, 0) is 24.6 Å². The van der Waals surface area contributed by atoms with Crippen molar-refractivity contribution in [2.45, 2.75) is 19.6 Å². The summed E-state index contributed by atoms with van der Waals surface area (Å²) in [4.78, 5) is 6.24. The molecule has 1 aromatic heterocycles. The van der Waals surface area contributed by atoms with Gasteiger partial charge in [0, 0.05) is 37.2 Å². The van der Waals surface area contributed by atoms with Gasteiger partial charge in [0.1, 0.15) is 0 Å². The third kappa shape index (κ3) is 2.87. The number of hydrogen-bond acceptors (Lipinski definition) is 3. The van der Waals surface area contributed by atoms with Crippen molar-refractivity contribution in [3.05, 3.63) is 59.9 Å². The number of para-hydroxylation sites is 1. The number of pyridine rings is 1. The molecule has 1 atom stereocenters. The topological polar surface area (TPSA) is 36.4 Å². The van der Waals surface area contributed by atoms with E-state index in [9.17, 15) is 5.11 Å². The predicted molar refractivity (Wildman–Crippen MR) is 73.4 cm³/mol. The monoisotopic (exact) mass is 242 g/mol. The molecule has 2 rings (SSSR count). The van der Waals surface area contributed by atoms with Crippen LogP contribution in [0.5, 0.6) is 0 Å². The Hall–Kier alpha value is -1.87. The maximum absolute atomic E-state index is 9.78. The number of aliphatic hydroxyl groups excluding tert-OH is 1. The number of benzene rings is 1. The molecule has 1 N–H and O–H groups in total. The second-order valence-corrected chi connectivity index (χ2v) is 4.45. The second kappa shape index (κ2) is 5.65. The van der Waals surface area contributed by atoms with E-state index < -0.39 is 6.10 Å². The summed E-state index contributed by atoms with van der Waals surface area (Å²) in [5.41, 5.74) is 3.15. The van der Waals surface area contributed by atoms with Gasteiger partial charge in [-0.25, -0.2) is 0 Å². The molecule has 0 spiro atoms. The molecular formula is C15H18N2O. The summed E-state index contributed by atoms with van der Waals surface area (Å²) in [5, 5.41) is 9.78. The zero-order valence-corrected chi connectivity index (χ0v) is 10.7. The number of hydrogen-bond donors (Lipinski definition) is 1. The molecule has 1 aromatic carbocycles. The lowest BCUT2D eigenvalue weighted by Crippen LogP contribution is -2.18. The van der Waals surface area contributed by atoms with Crippen LogP contribution in [-0.2, 0) is 6.54 Å². The quantitative estimate of drug-likeness (QED) is 0.895. The maximum Gasteiger partial charge on any atom is 0.0781 e. The SMILES string of the molecule is CC(O)c1ccccc1N(C)Cc1cccnc1. The van der Waals surface area contributed by atoms with Gasteiger partial charge in [0.2, 0.25) is 0 Å². The van der Waals surface area contributed by atoms with Crippen molar-refractivity contribution >= 4 is 5.69 Å². The van der Waals surface area contributed by atoms with E-state index in [2.05, 4.69) is 16.0 Å². The van der Waals surface area contributed by atoms with Crippen LogP contribution in [0.3, 0.4) is 0 Å². The van der Waals surface area contributed by atoms with Crippen molar-refractivity contribution in [2.75, 3.05) is 11.9 Å². The zero-order chi connectivity index (χ0) is 13.0. The van der Waals surface area contributed by atoms with Crippen LogP contribution in [0.4, 0.5) is 5.69 Å². The average Bonchev–Trinajstić information content (AvgIpc) is 2.40. The number of aliphatic hydroxyl groups is 1. The van der Waals surface area contributed by atoms with Gasteiger partial charge in [0.15, 0.2) is 0 Å². The van der Waals surface area contributed by atoms with Crippen LogP contribution in [0.2, 0.25) is 0 Å². The van der Waals surface area contributed by atoms with E-state index in [0.29, 0.717) is 0 Å². The molecule has 0 radical (unpaired) electrons. The highest BCUT2D eigenvalue weighted by molar-refractivity contribution is 5.54. The summed E-state index contributed by atoms with van der Waals surface area (Å²) in [6, 6.07) is 11.9. The minimum Gasteiger partial charge on any atom is -0.389 e. The van der Waals surface area contributed by atoms with Crippen LogP contribution >= 0.6 is 0 Å². The summed E-state index contributed by atoms with van der Waals surface area (Å²) in [7, 11) is 2.02. The van der Waals surface area contributed by atoms with Crippen LogP contribution in [-0.4, -0.2) is 17.1 Å². The molecule has 1 heterocycles. The van der Waals surface area contributed by atoms with E-state index in [-0.39, 0.29) is 0 Å². The largest absolute Gasteiger partial charge is 0.389 e. The molecule has 0 fully saturated rings. The van der Waals surface area contributed by atoms with Crippen molar-refractivity contribution < 1.29 is 5.11 Å². The molecule has 0 aliphatic heterocycles. The fourth-order valence-electron chi connectivity index (χ4n) is 2.04. The average molecular weight is 242 g/mol. The molecule has 0 aliphatic carbocycles. The summed E-state index contributed by atoms with van der Waals surface area (Å²) in [5.74, 6) is 0. The van der Waals surface area contributed by atoms with Crippen molar-refractivity contribution in [1.82, 2.24) is 4.98 Å². The van der Waals surface area contributed by atoms with E-state index >= 15 is 0 Å². The molecule has 0 aliphatic rings. The Morgan fingerprint density at radius 1 is 1.22 bits per heavy atom. The molecule has 0 amide bonds. The molecule has 0 saturated carbocycles. The van der Waals surface area contributed by atoms with Crippen LogP contribution in [0, 0.1) is 0 Å². The Labute approximate surface area is 108 Å². The van der Waals surface area contributed by atoms with Gasteiger partial charge in [0.25, 0.3) is 0 Å². The molecule has 18 heavy (non-hydrogen) atoms. The van der Waals surface area contributed by atoms with E-state index in [1.807, 2.05) is 43.6 Å².